The number of carbonyl (C=O) groups excluding carboxylic acids is 1. The number of pyridine rings is 1. The zero-order chi connectivity index (χ0) is 21.8. The second kappa shape index (κ2) is 9.06. The number of halogens is 1. The number of hydrogen-bond acceptors (Lipinski definition) is 5. The van der Waals surface area contributed by atoms with Gasteiger partial charge >= 0.3 is 6.09 Å². The van der Waals surface area contributed by atoms with Crippen LogP contribution in [0.3, 0.4) is 0 Å². The van der Waals surface area contributed by atoms with Crippen LogP contribution in [0.4, 0.5) is 4.79 Å². The van der Waals surface area contributed by atoms with E-state index in [0.717, 1.165) is 32.3 Å². The number of amides is 1. The van der Waals surface area contributed by atoms with Crippen LogP contribution >= 0.6 is 15.9 Å². The molecule has 2 N–H and O–H groups in total. The molecule has 7 heteroatoms. The molecule has 0 aliphatic rings. The fraction of sp³-hybridized carbons (Fsp3) is 0.0833. The van der Waals surface area contributed by atoms with E-state index in [-0.39, 0.29) is 0 Å². The topological polar surface area (TPSA) is 91.0 Å². The predicted octanol–water partition coefficient (Wildman–Crippen LogP) is 5.46. The lowest BCUT2D eigenvalue weighted by Crippen LogP contribution is -2.20. The van der Waals surface area contributed by atoms with Crippen molar-refractivity contribution in [2.24, 2.45) is 5.73 Å². The predicted molar refractivity (Wildman–Crippen MR) is 122 cm³/mol. The van der Waals surface area contributed by atoms with E-state index in [1.807, 2.05) is 67.6 Å². The Labute approximate surface area is 188 Å². The molecule has 154 valence electrons. The van der Waals surface area contributed by atoms with Crippen LogP contribution in [0, 0.1) is 6.92 Å². The summed E-state index contributed by atoms with van der Waals surface area (Å²) in [4.78, 5) is 25.2. The molecule has 1 amide bonds. The van der Waals surface area contributed by atoms with Crippen LogP contribution in [-0.4, -0.2) is 21.0 Å². The van der Waals surface area contributed by atoms with Crippen LogP contribution in [-0.2, 0) is 4.74 Å². The minimum Gasteiger partial charge on any atom is -0.433 e. The highest BCUT2D eigenvalue weighted by Crippen LogP contribution is 2.35. The molecule has 0 spiro atoms. The molecule has 0 aliphatic heterocycles. The summed E-state index contributed by atoms with van der Waals surface area (Å²) in [5.74, 6) is 0.334. The minimum atomic E-state index is -0.896. The summed E-state index contributed by atoms with van der Waals surface area (Å²) in [6.07, 6.45) is 3.48. The first-order chi connectivity index (χ1) is 15.0. The smallest absolute Gasteiger partial charge is 0.405 e. The number of primary amides is 1. The van der Waals surface area contributed by atoms with Gasteiger partial charge in [-0.15, -0.1) is 0 Å². The van der Waals surface area contributed by atoms with Gasteiger partial charge in [0.2, 0.25) is 0 Å². The van der Waals surface area contributed by atoms with E-state index >= 15 is 0 Å². The van der Waals surface area contributed by atoms with Crippen molar-refractivity contribution in [3.63, 3.8) is 0 Å². The number of nitrogens with two attached hydrogens (primary N) is 1. The Balaban J connectivity index is 1.92. The Kier molecular flexibility index (Phi) is 6.04. The van der Waals surface area contributed by atoms with Gasteiger partial charge in [-0.05, 0) is 42.3 Å². The molecule has 31 heavy (non-hydrogen) atoms. The van der Waals surface area contributed by atoms with E-state index in [1.54, 1.807) is 18.6 Å². The van der Waals surface area contributed by atoms with E-state index in [9.17, 15) is 4.79 Å². The molecule has 2 aromatic carbocycles. The quantitative estimate of drug-likeness (QED) is 0.414. The SMILES string of the molecule is Cc1ccc(Br)cc1-c1cnc(C(OC(N)=O)c2ccccc2)nc1-c1cccnc1. The van der Waals surface area contributed by atoms with Gasteiger partial charge in [0.05, 0.1) is 5.69 Å². The summed E-state index contributed by atoms with van der Waals surface area (Å²) in [6, 6.07) is 19.1. The number of ether oxygens (including phenoxy) is 1. The fourth-order valence-electron chi connectivity index (χ4n) is 3.34. The van der Waals surface area contributed by atoms with Gasteiger partial charge in [0, 0.05) is 39.8 Å². The average Bonchev–Trinajstić information content (AvgIpc) is 2.80. The molecular weight excluding hydrogens is 456 g/mol. The molecular formula is C24H19BrN4O2. The highest BCUT2D eigenvalue weighted by molar-refractivity contribution is 9.10. The fourth-order valence-corrected chi connectivity index (χ4v) is 3.70. The van der Waals surface area contributed by atoms with Gasteiger partial charge in [0.1, 0.15) is 0 Å². The Hall–Kier alpha value is -3.58. The standard InChI is InChI=1S/C24H19BrN4O2/c1-15-9-10-18(25)12-19(15)20-14-28-23(29-21(20)17-8-5-11-27-13-17)22(31-24(26)30)16-6-3-2-4-7-16/h2-14,22H,1H3,(H2,26,30). The maximum Gasteiger partial charge on any atom is 0.405 e. The number of hydrogen-bond donors (Lipinski definition) is 1. The molecule has 0 saturated carbocycles. The van der Waals surface area contributed by atoms with Crippen LogP contribution in [0.2, 0.25) is 0 Å². The van der Waals surface area contributed by atoms with Crippen LogP contribution in [0.5, 0.6) is 0 Å². The number of benzene rings is 2. The van der Waals surface area contributed by atoms with Gasteiger partial charge < -0.3 is 10.5 Å². The van der Waals surface area contributed by atoms with Crippen LogP contribution in [0.15, 0.2) is 83.7 Å². The van der Waals surface area contributed by atoms with E-state index < -0.39 is 12.2 Å². The Morgan fingerprint density at radius 2 is 1.84 bits per heavy atom. The average molecular weight is 475 g/mol. The lowest BCUT2D eigenvalue weighted by molar-refractivity contribution is 0.122. The summed E-state index contributed by atoms with van der Waals surface area (Å²) >= 11 is 3.55. The van der Waals surface area contributed by atoms with Crippen LogP contribution in [0.1, 0.15) is 23.1 Å². The molecule has 0 bridgehead atoms. The van der Waals surface area contributed by atoms with Gasteiger partial charge in [-0.1, -0.05) is 52.3 Å². The van der Waals surface area contributed by atoms with Crippen molar-refractivity contribution in [2.75, 3.05) is 0 Å². The number of carbonyl (C=O) groups is 1. The zero-order valence-corrected chi connectivity index (χ0v) is 18.3. The molecule has 1 atom stereocenters. The molecule has 4 rings (SSSR count). The summed E-state index contributed by atoms with van der Waals surface area (Å²) in [5, 5.41) is 0. The molecule has 4 aromatic rings. The highest BCUT2D eigenvalue weighted by Gasteiger charge is 2.23. The van der Waals surface area contributed by atoms with Crippen LogP contribution < -0.4 is 5.73 Å². The number of nitrogens with zero attached hydrogens (tertiary/aromatic N) is 3. The van der Waals surface area contributed by atoms with Crippen LogP contribution in [0.25, 0.3) is 22.4 Å². The second-order valence-electron chi connectivity index (χ2n) is 6.92. The largest absolute Gasteiger partial charge is 0.433 e. The third-order valence-electron chi connectivity index (χ3n) is 4.80. The molecule has 0 saturated heterocycles. The summed E-state index contributed by atoms with van der Waals surface area (Å²) < 4.78 is 6.34. The molecule has 6 nitrogen and oxygen atoms in total. The highest BCUT2D eigenvalue weighted by atomic mass is 79.9. The number of rotatable bonds is 5. The first-order valence-electron chi connectivity index (χ1n) is 9.58. The first-order valence-corrected chi connectivity index (χ1v) is 10.4. The molecule has 2 heterocycles. The Morgan fingerprint density at radius 3 is 2.55 bits per heavy atom. The van der Waals surface area contributed by atoms with Gasteiger partial charge in [-0.2, -0.15) is 0 Å². The Bertz CT molecular complexity index is 1220. The molecule has 0 fully saturated rings. The summed E-state index contributed by atoms with van der Waals surface area (Å²) in [5.41, 5.74) is 10.5. The minimum absolute atomic E-state index is 0.334. The van der Waals surface area contributed by atoms with Gasteiger partial charge in [0.25, 0.3) is 0 Å². The van der Waals surface area contributed by atoms with Gasteiger partial charge in [0.15, 0.2) is 11.9 Å². The van der Waals surface area contributed by atoms with Crippen molar-refractivity contribution in [1.82, 2.24) is 15.0 Å². The monoisotopic (exact) mass is 474 g/mol. The molecule has 0 aliphatic carbocycles. The lowest BCUT2D eigenvalue weighted by atomic mass is 9.97. The van der Waals surface area contributed by atoms with Crippen molar-refractivity contribution in [3.05, 3.63) is 101 Å². The van der Waals surface area contributed by atoms with Crippen molar-refractivity contribution < 1.29 is 9.53 Å². The van der Waals surface area contributed by atoms with E-state index in [2.05, 4.69) is 25.9 Å². The van der Waals surface area contributed by atoms with E-state index in [1.165, 1.54) is 0 Å². The normalized spacial score (nSPS) is 11.7. The number of aryl methyl sites for hydroxylation is 1. The second-order valence-corrected chi connectivity index (χ2v) is 7.83. The third kappa shape index (κ3) is 4.62. The lowest BCUT2D eigenvalue weighted by Gasteiger charge is -2.18. The van der Waals surface area contributed by atoms with Crippen molar-refractivity contribution in [2.45, 2.75) is 13.0 Å². The van der Waals surface area contributed by atoms with Gasteiger partial charge in [-0.3, -0.25) is 4.98 Å². The van der Waals surface area contributed by atoms with Crippen molar-refractivity contribution in [3.8, 4) is 22.4 Å². The van der Waals surface area contributed by atoms with Crippen molar-refractivity contribution >= 4 is 22.0 Å². The maximum atomic E-state index is 11.6. The van der Waals surface area contributed by atoms with E-state index in [0.29, 0.717) is 11.5 Å². The maximum absolute atomic E-state index is 11.6. The summed E-state index contributed by atoms with van der Waals surface area (Å²) in [7, 11) is 0. The van der Waals surface area contributed by atoms with E-state index in [4.69, 9.17) is 15.5 Å². The Morgan fingerprint density at radius 1 is 1.03 bits per heavy atom. The van der Waals surface area contributed by atoms with Gasteiger partial charge in [-0.25, -0.2) is 14.8 Å². The van der Waals surface area contributed by atoms with Crippen molar-refractivity contribution in [1.29, 1.82) is 0 Å². The number of aromatic nitrogens is 3. The zero-order valence-electron chi connectivity index (χ0n) is 16.7. The molecule has 0 radical (unpaired) electrons. The first kappa shape index (κ1) is 20.7. The summed E-state index contributed by atoms with van der Waals surface area (Å²) in [6.45, 7) is 2.03. The molecule has 1 unspecified atom stereocenters. The molecule has 2 aromatic heterocycles. The third-order valence-corrected chi connectivity index (χ3v) is 5.30.